The van der Waals surface area contributed by atoms with Gasteiger partial charge in [-0.3, -0.25) is 4.79 Å². The van der Waals surface area contributed by atoms with Crippen LogP contribution < -0.4 is 5.43 Å². The summed E-state index contributed by atoms with van der Waals surface area (Å²) in [7, 11) is 0. The van der Waals surface area contributed by atoms with Gasteiger partial charge in [0.25, 0.3) is 0 Å². The molecule has 2 aromatic rings. The third kappa shape index (κ3) is 4.58. The number of nitrogens with one attached hydrogen (secondary N) is 1. The number of benzene rings is 1. The summed E-state index contributed by atoms with van der Waals surface area (Å²) in [5.41, 5.74) is 4.84. The van der Waals surface area contributed by atoms with Crippen LogP contribution in [-0.4, -0.2) is 12.1 Å². The van der Waals surface area contributed by atoms with Crippen molar-refractivity contribution >= 4 is 12.1 Å². The molecule has 0 atom stereocenters. The molecule has 116 valence electrons. The van der Waals surface area contributed by atoms with Crippen molar-refractivity contribution in [3.8, 4) is 0 Å². The van der Waals surface area contributed by atoms with Crippen LogP contribution in [0.1, 0.15) is 43.4 Å². The number of carbonyl (C=O) groups excluding carboxylic acids is 1. The van der Waals surface area contributed by atoms with Crippen LogP contribution in [-0.2, 0) is 16.6 Å². The highest BCUT2D eigenvalue weighted by atomic mass is 16.3. The van der Waals surface area contributed by atoms with Crippen molar-refractivity contribution in [3.63, 3.8) is 0 Å². The first-order chi connectivity index (χ1) is 10.3. The van der Waals surface area contributed by atoms with Crippen molar-refractivity contribution in [2.24, 2.45) is 5.10 Å². The molecule has 0 aliphatic heterocycles. The van der Waals surface area contributed by atoms with Gasteiger partial charge in [0.05, 0.1) is 12.6 Å². The second kappa shape index (κ2) is 6.60. The topological polar surface area (TPSA) is 54.6 Å². The SMILES string of the molecule is Cc1ccc(/C=N\NC(=O)Cc2ccc(C(C)(C)C)cc2)o1. The smallest absolute Gasteiger partial charge is 0.244 e. The normalized spacial score (nSPS) is 11.8. The zero-order chi connectivity index (χ0) is 16.2. The lowest BCUT2D eigenvalue weighted by molar-refractivity contribution is -0.120. The minimum absolute atomic E-state index is 0.117. The molecule has 4 nitrogen and oxygen atoms in total. The van der Waals surface area contributed by atoms with Gasteiger partial charge in [-0.2, -0.15) is 5.10 Å². The van der Waals surface area contributed by atoms with Crippen molar-refractivity contribution in [2.45, 2.75) is 39.5 Å². The van der Waals surface area contributed by atoms with Crippen molar-refractivity contribution in [3.05, 3.63) is 59.0 Å². The summed E-state index contributed by atoms with van der Waals surface area (Å²) in [4.78, 5) is 11.8. The van der Waals surface area contributed by atoms with Crippen LogP contribution in [0.3, 0.4) is 0 Å². The molecule has 0 fully saturated rings. The van der Waals surface area contributed by atoms with Gasteiger partial charge in [-0.05, 0) is 35.6 Å². The van der Waals surface area contributed by atoms with Gasteiger partial charge in [0.1, 0.15) is 11.5 Å². The number of carbonyl (C=O) groups is 1. The van der Waals surface area contributed by atoms with Crippen LogP contribution in [0.2, 0.25) is 0 Å². The Morgan fingerprint density at radius 2 is 1.86 bits per heavy atom. The minimum Gasteiger partial charge on any atom is -0.460 e. The largest absolute Gasteiger partial charge is 0.460 e. The molecule has 0 aliphatic rings. The van der Waals surface area contributed by atoms with Gasteiger partial charge in [0.15, 0.2) is 0 Å². The maximum atomic E-state index is 11.8. The molecule has 0 bridgehead atoms. The van der Waals surface area contributed by atoms with E-state index in [9.17, 15) is 4.79 Å². The number of hydrogen-bond acceptors (Lipinski definition) is 3. The highest BCUT2D eigenvalue weighted by Gasteiger charge is 2.13. The summed E-state index contributed by atoms with van der Waals surface area (Å²) < 4.78 is 5.33. The van der Waals surface area contributed by atoms with E-state index in [1.807, 2.05) is 25.1 Å². The number of furan rings is 1. The first-order valence-corrected chi connectivity index (χ1v) is 7.32. The molecule has 0 unspecified atom stereocenters. The third-order valence-corrected chi connectivity index (χ3v) is 3.33. The molecule has 1 aromatic heterocycles. The van der Waals surface area contributed by atoms with Crippen LogP contribution in [0.5, 0.6) is 0 Å². The monoisotopic (exact) mass is 298 g/mol. The van der Waals surface area contributed by atoms with E-state index in [1.165, 1.54) is 11.8 Å². The Bertz CT molecular complexity index is 661. The molecule has 1 amide bonds. The predicted molar refractivity (Wildman–Crippen MR) is 88.0 cm³/mol. The Labute approximate surface area is 131 Å². The summed E-state index contributed by atoms with van der Waals surface area (Å²) in [6, 6.07) is 11.8. The highest BCUT2D eigenvalue weighted by molar-refractivity contribution is 5.81. The molecule has 0 aliphatic carbocycles. The van der Waals surface area contributed by atoms with Gasteiger partial charge in [0.2, 0.25) is 5.91 Å². The van der Waals surface area contributed by atoms with Crippen LogP contribution in [0.15, 0.2) is 45.9 Å². The molecule has 1 N–H and O–H groups in total. The van der Waals surface area contributed by atoms with E-state index >= 15 is 0 Å². The molecule has 2 rings (SSSR count). The number of amides is 1. The van der Waals surface area contributed by atoms with Crippen LogP contribution in [0.25, 0.3) is 0 Å². The lowest BCUT2D eigenvalue weighted by Gasteiger charge is -2.19. The van der Waals surface area contributed by atoms with E-state index in [0.29, 0.717) is 12.2 Å². The molecular weight excluding hydrogens is 276 g/mol. The van der Waals surface area contributed by atoms with Gasteiger partial charge in [-0.15, -0.1) is 0 Å². The highest BCUT2D eigenvalue weighted by Crippen LogP contribution is 2.22. The molecule has 0 radical (unpaired) electrons. The Hall–Kier alpha value is -2.36. The Morgan fingerprint density at radius 3 is 2.41 bits per heavy atom. The molecule has 0 spiro atoms. The summed E-state index contributed by atoms with van der Waals surface area (Å²) in [5.74, 6) is 1.28. The van der Waals surface area contributed by atoms with Crippen LogP contribution in [0.4, 0.5) is 0 Å². The van der Waals surface area contributed by atoms with Gasteiger partial charge in [-0.25, -0.2) is 5.43 Å². The van der Waals surface area contributed by atoms with Gasteiger partial charge in [0, 0.05) is 0 Å². The lowest BCUT2D eigenvalue weighted by Crippen LogP contribution is -2.20. The summed E-state index contributed by atoms with van der Waals surface area (Å²) in [6.45, 7) is 8.36. The maximum absolute atomic E-state index is 11.8. The summed E-state index contributed by atoms with van der Waals surface area (Å²) in [5, 5.41) is 3.89. The first kappa shape index (κ1) is 16.0. The van der Waals surface area contributed by atoms with E-state index < -0.39 is 0 Å². The Balaban J connectivity index is 1.88. The zero-order valence-corrected chi connectivity index (χ0v) is 13.5. The van der Waals surface area contributed by atoms with Crippen molar-refractivity contribution < 1.29 is 9.21 Å². The quantitative estimate of drug-likeness (QED) is 0.693. The van der Waals surface area contributed by atoms with E-state index in [0.717, 1.165) is 11.3 Å². The summed E-state index contributed by atoms with van der Waals surface area (Å²) in [6.07, 6.45) is 1.80. The zero-order valence-electron chi connectivity index (χ0n) is 13.5. The molecule has 0 saturated carbocycles. The van der Waals surface area contributed by atoms with Gasteiger partial charge >= 0.3 is 0 Å². The van der Waals surface area contributed by atoms with Crippen molar-refractivity contribution in [2.75, 3.05) is 0 Å². The third-order valence-electron chi connectivity index (χ3n) is 3.33. The number of rotatable bonds is 4. The Morgan fingerprint density at radius 1 is 1.18 bits per heavy atom. The van der Waals surface area contributed by atoms with E-state index in [1.54, 1.807) is 6.07 Å². The number of nitrogens with zero attached hydrogens (tertiary/aromatic N) is 1. The molecular formula is C18H22N2O2. The van der Waals surface area contributed by atoms with Crippen LogP contribution in [0, 0.1) is 6.92 Å². The number of hydrazone groups is 1. The fraction of sp³-hybridized carbons (Fsp3) is 0.333. The molecule has 1 heterocycles. The van der Waals surface area contributed by atoms with Gasteiger partial charge < -0.3 is 4.42 Å². The van der Waals surface area contributed by atoms with E-state index in [-0.39, 0.29) is 11.3 Å². The molecule has 22 heavy (non-hydrogen) atoms. The fourth-order valence-corrected chi connectivity index (χ4v) is 2.04. The number of aryl methyl sites for hydroxylation is 1. The predicted octanol–water partition coefficient (Wildman–Crippen LogP) is 3.58. The maximum Gasteiger partial charge on any atom is 0.244 e. The Kier molecular flexibility index (Phi) is 4.81. The lowest BCUT2D eigenvalue weighted by atomic mass is 9.86. The molecule has 4 heteroatoms. The van der Waals surface area contributed by atoms with E-state index in [2.05, 4.69) is 43.4 Å². The summed E-state index contributed by atoms with van der Waals surface area (Å²) >= 11 is 0. The second-order valence-electron chi connectivity index (χ2n) is 6.37. The van der Waals surface area contributed by atoms with Crippen molar-refractivity contribution in [1.29, 1.82) is 0 Å². The number of hydrogen-bond donors (Lipinski definition) is 1. The average Bonchev–Trinajstić information content (AvgIpc) is 2.84. The van der Waals surface area contributed by atoms with Gasteiger partial charge in [-0.1, -0.05) is 45.0 Å². The minimum atomic E-state index is -0.150. The molecule has 1 aromatic carbocycles. The average molecular weight is 298 g/mol. The second-order valence-corrected chi connectivity index (χ2v) is 6.37. The van der Waals surface area contributed by atoms with E-state index in [4.69, 9.17) is 4.42 Å². The fourth-order valence-electron chi connectivity index (χ4n) is 2.04. The van der Waals surface area contributed by atoms with Crippen molar-refractivity contribution in [1.82, 2.24) is 5.43 Å². The standard InChI is InChI=1S/C18H22N2O2/c1-13-5-10-16(22-13)12-19-20-17(21)11-14-6-8-15(9-7-14)18(2,3)4/h5-10,12H,11H2,1-4H3,(H,20,21)/b19-12-. The van der Waals surface area contributed by atoms with Crippen LogP contribution >= 0.6 is 0 Å². The first-order valence-electron chi connectivity index (χ1n) is 7.32. The molecule has 0 saturated heterocycles.